The van der Waals surface area contributed by atoms with Crippen LogP contribution < -0.4 is 4.74 Å². The first kappa shape index (κ1) is 14.1. The van der Waals surface area contributed by atoms with Crippen molar-refractivity contribution in [2.24, 2.45) is 0 Å². The van der Waals surface area contributed by atoms with E-state index < -0.39 is 0 Å². The number of benzene rings is 1. The van der Waals surface area contributed by atoms with Crippen LogP contribution >= 0.6 is 0 Å². The summed E-state index contributed by atoms with van der Waals surface area (Å²) in [6.07, 6.45) is 4.26. The summed E-state index contributed by atoms with van der Waals surface area (Å²) in [5.74, 6) is 0.862. The Morgan fingerprint density at radius 3 is 3.00 bits per heavy atom. The lowest BCUT2D eigenvalue weighted by molar-refractivity contribution is 0.172. The molecule has 0 unspecified atom stereocenters. The molecule has 1 saturated heterocycles. The first-order valence-corrected chi connectivity index (χ1v) is 7.30. The number of aliphatic hydroxyl groups is 1. The lowest BCUT2D eigenvalue weighted by atomic mass is 10.0. The van der Waals surface area contributed by atoms with Crippen LogP contribution in [0.4, 0.5) is 0 Å². The first-order chi connectivity index (χ1) is 10.3. The van der Waals surface area contributed by atoms with Gasteiger partial charge in [-0.15, -0.1) is 0 Å². The van der Waals surface area contributed by atoms with Crippen LogP contribution in [0.15, 0.2) is 42.7 Å². The zero-order valence-electron chi connectivity index (χ0n) is 12.2. The maximum atomic E-state index is 10.0. The number of hydrogen-bond acceptors (Lipinski definition) is 4. The minimum absolute atomic E-state index is 0.241. The van der Waals surface area contributed by atoms with E-state index >= 15 is 0 Å². The van der Waals surface area contributed by atoms with E-state index in [1.165, 1.54) is 5.56 Å². The molecular weight excluding hydrogens is 266 g/mol. The molecule has 5 nitrogen and oxygen atoms in total. The molecule has 3 rings (SSSR count). The van der Waals surface area contributed by atoms with Crippen LogP contribution in [0.25, 0.3) is 0 Å². The molecule has 1 N–H and O–H groups in total. The molecule has 1 aliphatic rings. The standard InChI is InChI=1S/C16H21N3O2/c1-21-15-5-2-4-13(10-15)16-11-14(20)12-18(16)8-9-19-7-3-6-17-19/h2-7,10,14,16,20H,8-9,11-12H2,1H3/t14-,16+/m1/s1. The van der Waals surface area contributed by atoms with Gasteiger partial charge in [0.05, 0.1) is 19.8 Å². The van der Waals surface area contributed by atoms with E-state index in [4.69, 9.17) is 4.74 Å². The number of hydrogen-bond donors (Lipinski definition) is 1. The van der Waals surface area contributed by atoms with E-state index in [-0.39, 0.29) is 12.1 Å². The van der Waals surface area contributed by atoms with E-state index in [0.29, 0.717) is 6.54 Å². The molecule has 0 amide bonds. The molecule has 1 aliphatic heterocycles. The SMILES string of the molecule is COc1cccc([C@@H]2C[C@@H](O)CN2CCn2cccn2)c1. The van der Waals surface area contributed by atoms with Crippen LogP contribution in [-0.4, -0.2) is 46.1 Å². The van der Waals surface area contributed by atoms with Crippen molar-refractivity contribution < 1.29 is 9.84 Å². The topological polar surface area (TPSA) is 50.5 Å². The van der Waals surface area contributed by atoms with Crippen LogP contribution in [0, 0.1) is 0 Å². The highest BCUT2D eigenvalue weighted by Crippen LogP contribution is 2.33. The van der Waals surface area contributed by atoms with Crippen molar-refractivity contribution in [2.45, 2.75) is 25.1 Å². The molecule has 1 aromatic heterocycles. The van der Waals surface area contributed by atoms with E-state index in [0.717, 1.165) is 25.3 Å². The van der Waals surface area contributed by atoms with Crippen LogP contribution in [0.1, 0.15) is 18.0 Å². The number of nitrogens with zero attached hydrogens (tertiary/aromatic N) is 3. The Balaban J connectivity index is 1.72. The minimum atomic E-state index is -0.265. The zero-order valence-corrected chi connectivity index (χ0v) is 12.2. The monoisotopic (exact) mass is 287 g/mol. The molecule has 0 aliphatic carbocycles. The van der Waals surface area contributed by atoms with Crippen LogP contribution in [0.3, 0.4) is 0 Å². The number of aliphatic hydroxyl groups excluding tert-OH is 1. The van der Waals surface area contributed by atoms with Gasteiger partial charge in [-0.2, -0.15) is 5.10 Å². The van der Waals surface area contributed by atoms with Gasteiger partial charge in [-0.3, -0.25) is 9.58 Å². The third kappa shape index (κ3) is 3.25. The highest BCUT2D eigenvalue weighted by Gasteiger charge is 2.31. The van der Waals surface area contributed by atoms with Gasteiger partial charge in [0.25, 0.3) is 0 Å². The van der Waals surface area contributed by atoms with Gasteiger partial charge < -0.3 is 9.84 Å². The van der Waals surface area contributed by atoms with Gasteiger partial charge in [0, 0.05) is 31.5 Å². The highest BCUT2D eigenvalue weighted by molar-refractivity contribution is 5.31. The number of β-amino-alcohol motifs (C(OH)–C–C–N with tert-alkyl or cyclic N) is 1. The Morgan fingerprint density at radius 1 is 1.33 bits per heavy atom. The second-order valence-corrected chi connectivity index (χ2v) is 5.45. The van der Waals surface area contributed by atoms with Gasteiger partial charge in [0.2, 0.25) is 0 Å². The first-order valence-electron chi connectivity index (χ1n) is 7.30. The molecule has 0 saturated carbocycles. The molecular formula is C16H21N3O2. The number of ether oxygens (including phenoxy) is 1. The fourth-order valence-corrected chi connectivity index (χ4v) is 2.99. The Morgan fingerprint density at radius 2 is 2.24 bits per heavy atom. The number of methoxy groups -OCH3 is 1. The molecule has 0 radical (unpaired) electrons. The van der Waals surface area contributed by atoms with Gasteiger partial charge in [-0.05, 0) is 30.2 Å². The molecule has 0 bridgehead atoms. The number of likely N-dealkylation sites (tertiary alicyclic amines) is 1. The van der Waals surface area contributed by atoms with E-state index in [9.17, 15) is 5.11 Å². The average molecular weight is 287 g/mol. The summed E-state index contributed by atoms with van der Waals surface area (Å²) in [4.78, 5) is 2.32. The lowest BCUT2D eigenvalue weighted by Gasteiger charge is -2.24. The van der Waals surface area contributed by atoms with Gasteiger partial charge in [-0.1, -0.05) is 12.1 Å². The van der Waals surface area contributed by atoms with Gasteiger partial charge in [0.15, 0.2) is 0 Å². The zero-order chi connectivity index (χ0) is 14.7. The summed E-state index contributed by atoms with van der Waals surface area (Å²) in [5.41, 5.74) is 1.20. The summed E-state index contributed by atoms with van der Waals surface area (Å²) in [6, 6.07) is 10.3. The average Bonchev–Trinajstić information content (AvgIpc) is 3.14. The maximum absolute atomic E-state index is 10.0. The van der Waals surface area contributed by atoms with Crippen molar-refractivity contribution in [3.05, 3.63) is 48.3 Å². The lowest BCUT2D eigenvalue weighted by Crippen LogP contribution is -2.28. The van der Waals surface area contributed by atoms with Crippen molar-refractivity contribution in [3.8, 4) is 5.75 Å². The molecule has 112 valence electrons. The molecule has 2 heterocycles. The number of rotatable bonds is 5. The van der Waals surface area contributed by atoms with E-state index in [1.807, 2.05) is 29.1 Å². The maximum Gasteiger partial charge on any atom is 0.119 e. The quantitative estimate of drug-likeness (QED) is 0.909. The Labute approximate surface area is 124 Å². The molecule has 5 heteroatoms. The van der Waals surface area contributed by atoms with Crippen molar-refractivity contribution >= 4 is 0 Å². The normalized spacial score (nSPS) is 22.6. The Bertz CT molecular complexity index is 571. The van der Waals surface area contributed by atoms with Crippen LogP contribution in [-0.2, 0) is 6.54 Å². The molecule has 21 heavy (non-hydrogen) atoms. The predicted octanol–water partition coefficient (Wildman–Crippen LogP) is 1.70. The third-order valence-electron chi connectivity index (χ3n) is 4.04. The Kier molecular flexibility index (Phi) is 4.22. The smallest absolute Gasteiger partial charge is 0.119 e. The van der Waals surface area contributed by atoms with Crippen molar-refractivity contribution in [1.29, 1.82) is 0 Å². The summed E-state index contributed by atoms with van der Waals surface area (Å²) in [7, 11) is 1.68. The largest absolute Gasteiger partial charge is 0.497 e. The molecule has 1 aromatic carbocycles. The fourth-order valence-electron chi connectivity index (χ4n) is 2.99. The summed E-state index contributed by atoms with van der Waals surface area (Å²) in [5, 5.41) is 14.2. The van der Waals surface area contributed by atoms with Gasteiger partial charge in [0.1, 0.15) is 5.75 Å². The van der Waals surface area contributed by atoms with Gasteiger partial charge in [-0.25, -0.2) is 0 Å². The molecule has 0 spiro atoms. The summed E-state index contributed by atoms with van der Waals surface area (Å²) < 4.78 is 7.22. The predicted molar refractivity (Wildman–Crippen MR) is 80.2 cm³/mol. The van der Waals surface area contributed by atoms with E-state index in [2.05, 4.69) is 22.1 Å². The highest BCUT2D eigenvalue weighted by atomic mass is 16.5. The molecule has 1 fully saturated rings. The van der Waals surface area contributed by atoms with Crippen molar-refractivity contribution in [1.82, 2.24) is 14.7 Å². The summed E-state index contributed by atoms with van der Waals surface area (Å²) in [6.45, 7) is 2.42. The van der Waals surface area contributed by atoms with E-state index in [1.54, 1.807) is 13.3 Å². The second-order valence-electron chi connectivity index (χ2n) is 5.45. The van der Waals surface area contributed by atoms with Crippen LogP contribution in [0.2, 0.25) is 0 Å². The molecule has 2 aromatic rings. The second kappa shape index (κ2) is 6.28. The minimum Gasteiger partial charge on any atom is -0.497 e. The van der Waals surface area contributed by atoms with Crippen molar-refractivity contribution in [3.63, 3.8) is 0 Å². The van der Waals surface area contributed by atoms with Gasteiger partial charge >= 0.3 is 0 Å². The van der Waals surface area contributed by atoms with Crippen LogP contribution in [0.5, 0.6) is 5.75 Å². The third-order valence-corrected chi connectivity index (χ3v) is 4.04. The fraction of sp³-hybridized carbons (Fsp3) is 0.438. The number of aromatic nitrogens is 2. The Hall–Kier alpha value is -1.85. The molecule has 2 atom stereocenters. The van der Waals surface area contributed by atoms with Crippen molar-refractivity contribution in [2.75, 3.05) is 20.2 Å². The summed E-state index contributed by atoms with van der Waals surface area (Å²) >= 11 is 0.